The summed E-state index contributed by atoms with van der Waals surface area (Å²) >= 11 is -0.826. The molecule has 0 amide bonds. The first kappa shape index (κ1) is 22.4. The molecule has 5 rings (SSSR count). The van der Waals surface area contributed by atoms with Gasteiger partial charge in [-0.1, -0.05) is 42.5 Å². The molecule has 0 aliphatic carbocycles. The van der Waals surface area contributed by atoms with Crippen LogP contribution in [0.3, 0.4) is 0 Å². The summed E-state index contributed by atoms with van der Waals surface area (Å²) in [6.45, 7) is 0. The Hall–Kier alpha value is -1.86. The van der Waals surface area contributed by atoms with Crippen molar-refractivity contribution in [2.24, 2.45) is 0 Å². The van der Waals surface area contributed by atoms with Crippen LogP contribution in [-0.4, -0.2) is 0 Å². The molecule has 0 aliphatic rings. The molecule has 142 valence electrons. The van der Waals surface area contributed by atoms with Crippen LogP contribution in [0.1, 0.15) is 0 Å². The molecule has 0 fully saturated rings. The summed E-state index contributed by atoms with van der Waals surface area (Å²) in [5, 5.41) is 5.32. The van der Waals surface area contributed by atoms with Gasteiger partial charge in [-0.3, -0.25) is 0 Å². The van der Waals surface area contributed by atoms with Crippen LogP contribution in [0, 0.1) is 0 Å². The number of hydrogen-bond acceptors (Lipinski definition) is 0. The van der Waals surface area contributed by atoms with Crippen molar-refractivity contribution < 1.29 is 20.8 Å². The standard InChI is InChI=1S/2C9H7.C6H6N.2ClH.Zr/c2*1-2-5-9-7-3-6-8(9)4-1;7-6-4-2-1-3-5-6;;;/h2*1-7H;1-5,7H;2*1H;/q3*-1;;;+2/p-2. The Kier molecular flexibility index (Phi) is 10.7. The minimum absolute atomic E-state index is 0.572. The van der Waals surface area contributed by atoms with E-state index in [-0.39, 0.29) is 0 Å². The predicted octanol–water partition coefficient (Wildman–Crippen LogP) is 8.86. The summed E-state index contributed by atoms with van der Waals surface area (Å²) in [6.07, 6.45) is 0. The third kappa shape index (κ3) is 8.02. The van der Waals surface area contributed by atoms with Gasteiger partial charge < -0.3 is 5.73 Å². The van der Waals surface area contributed by atoms with Crippen LogP contribution in [0.15, 0.2) is 115 Å². The van der Waals surface area contributed by atoms with Gasteiger partial charge in [-0.15, -0.1) is 65.0 Å². The zero-order valence-corrected chi connectivity index (χ0v) is 19.2. The monoisotopic (exact) mass is 482 g/mol. The Labute approximate surface area is 185 Å². The molecule has 0 unspecified atom stereocenters. The van der Waals surface area contributed by atoms with E-state index in [4.69, 9.17) is 22.8 Å². The van der Waals surface area contributed by atoms with Crippen LogP contribution < -0.4 is 0 Å². The van der Waals surface area contributed by atoms with Gasteiger partial charge in [0.2, 0.25) is 0 Å². The normalized spacial score (nSPS) is 9.21. The van der Waals surface area contributed by atoms with E-state index in [1.165, 1.54) is 21.5 Å². The van der Waals surface area contributed by atoms with Crippen molar-refractivity contribution in [1.82, 2.24) is 0 Å². The summed E-state index contributed by atoms with van der Waals surface area (Å²) < 4.78 is 0. The third-order valence-corrected chi connectivity index (χ3v) is 3.87. The van der Waals surface area contributed by atoms with E-state index >= 15 is 0 Å². The fraction of sp³-hybridized carbons (Fsp3) is 0. The topological polar surface area (TPSA) is 23.8 Å². The van der Waals surface area contributed by atoms with Gasteiger partial charge in [0.1, 0.15) is 0 Å². The first-order valence-corrected chi connectivity index (χ1v) is 15.0. The van der Waals surface area contributed by atoms with Crippen LogP contribution in [0.2, 0.25) is 0 Å². The quantitative estimate of drug-likeness (QED) is 0.196. The number of benzene rings is 3. The molecule has 0 bridgehead atoms. The molecule has 0 saturated carbocycles. The molecule has 0 radical (unpaired) electrons. The maximum atomic E-state index is 7.00. The average molecular weight is 485 g/mol. The van der Waals surface area contributed by atoms with Crippen LogP contribution >= 0.6 is 17.0 Å². The van der Waals surface area contributed by atoms with E-state index < -0.39 is 20.8 Å². The van der Waals surface area contributed by atoms with Crippen molar-refractivity contribution in [3.63, 3.8) is 0 Å². The van der Waals surface area contributed by atoms with Crippen LogP contribution in [0.5, 0.6) is 0 Å². The molecule has 0 spiro atoms. The molecule has 0 aromatic heterocycles. The van der Waals surface area contributed by atoms with Gasteiger partial charge >= 0.3 is 37.9 Å². The summed E-state index contributed by atoms with van der Waals surface area (Å²) in [4.78, 5) is 0. The van der Waals surface area contributed by atoms with E-state index in [1.807, 2.05) is 18.2 Å². The summed E-state index contributed by atoms with van der Waals surface area (Å²) in [5.74, 6) is 0. The van der Waals surface area contributed by atoms with Gasteiger partial charge in [0, 0.05) is 0 Å². The Balaban J connectivity index is 0.000000142. The van der Waals surface area contributed by atoms with Crippen LogP contribution in [0.4, 0.5) is 5.69 Å². The van der Waals surface area contributed by atoms with Gasteiger partial charge in [-0.25, -0.2) is 0 Å². The second-order valence-electron chi connectivity index (χ2n) is 5.75. The molecule has 0 heterocycles. The zero-order valence-electron chi connectivity index (χ0n) is 15.2. The maximum absolute atomic E-state index is 7.00. The SMILES string of the molecule is [Cl][Zr][Cl].[NH-]c1ccccc1.c1ccc2[cH-]ccc2c1.c1ccc2[cH-]ccc2c1. The average Bonchev–Trinajstić information content (AvgIpc) is 3.39. The van der Waals surface area contributed by atoms with E-state index in [0.29, 0.717) is 5.69 Å². The maximum Gasteiger partial charge on any atom is -0.0624 e. The zero-order chi connectivity index (χ0) is 20.0. The molecule has 5 aromatic rings. The number of fused-ring (bicyclic) bond motifs is 2. The Morgan fingerprint density at radius 3 is 1.32 bits per heavy atom. The number of halogens is 2. The first-order valence-electron chi connectivity index (χ1n) is 8.68. The van der Waals surface area contributed by atoms with Crippen LogP contribution in [0.25, 0.3) is 27.3 Å². The second-order valence-corrected chi connectivity index (χ2v) is 9.48. The molecule has 4 heteroatoms. The smallest absolute Gasteiger partial charge is 0.0624 e. The van der Waals surface area contributed by atoms with Crippen molar-refractivity contribution in [3.05, 3.63) is 121 Å². The molecule has 5 aromatic carbocycles. The molecular weight excluding hydrogens is 464 g/mol. The molecule has 1 nitrogen and oxygen atoms in total. The van der Waals surface area contributed by atoms with Gasteiger partial charge in [0.25, 0.3) is 0 Å². The predicted molar refractivity (Wildman–Crippen MR) is 121 cm³/mol. The minimum atomic E-state index is -0.826. The van der Waals surface area contributed by atoms with Gasteiger partial charge in [-0.2, -0.15) is 35.0 Å². The molecule has 0 atom stereocenters. The minimum Gasteiger partial charge on any atom is -0.699 e. The molecule has 0 saturated heterocycles. The number of hydrogen-bond donors (Lipinski definition) is 0. The fourth-order valence-corrected chi connectivity index (χ4v) is 2.58. The van der Waals surface area contributed by atoms with Gasteiger partial charge in [-0.05, 0) is 0 Å². The van der Waals surface area contributed by atoms with Crippen molar-refractivity contribution in [3.8, 4) is 0 Å². The molecule has 0 aliphatic heterocycles. The van der Waals surface area contributed by atoms with Crippen molar-refractivity contribution in [2.75, 3.05) is 0 Å². The third-order valence-electron chi connectivity index (χ3n) is 3.87. The first-order chi connectivity index (χ1) is 13.7. The summed E-state index contributed by atoms with van der Waals surface area (Å²) in [7, 11) is 9.87. The number of rotatable bonds is 0. The number of nitrogens with one attached hydrogen (secondary N) is 1. The Morgan fingerprint density at radius 1 is 0.571 bits per heavy atom. The molecular formula is C24H20Cl2NZr-3. The molecule has 28 heavy (non-hydrogen) atoms. The summed E-state index contributed by atoms with van der Waals surface area (Å²) in [6, 6.07) is 38.4. The van der Waals surface area contributed by atoms with E-state index in [0.717, 1.165) is 0 Å². The fourth-order valence-electron chi connectivity index (χ4n) is 2.58. The van der Waals surface area contributed by atoms with Gasteiger partial charge in [0.15, 0.2) is 0 Å². The van der Waals surface area contributed by atoms with Gasteiger partial charge in [0.05, 0.1) is 0 Å². The largest absolute Gasteiger partial charge is 0.699 e. The van der Waals surface area contributed by atoms with Crippen molar-refractivity contribution in [1.29, 1.82) is 0 Å². The Bertz CT molecular complexity index is 912. The van der Waals surface area contributed by atoms with E-state index in [1.54, 1.807) is 12.1 Å². The molecule has 1 N–H and O–H groups in total. The summed E-state index contributed by atoms with van der Waals surface area (Å²) in [5.41, 5.74) is 7.57. The van der Waals surface area contributed by atoms with Crippen LogP contribution in [-0.2, 0) is 20.8 Å². The van der Waals surface area contributed by atoms with E-state index in [9.17, 15) is 0 Å². The van der Waals surface area contributed by atoms with Crippen molar-refractivity contribution >= 4 is 44.3 Å². The second kappa shape index (κ2) is 13.3. The van der Waals surface area contributed by atoms with E-state index in [2.05, 4.69) is 84.9 Å². The van der Waals surface area contributed by atoms with Crippen molar-refractivity contribution in [2.45, 2.75) is 0 Å². The Morgan fingerprint density at radius 2 is 0.964 bits per heavy atom.